The molecular weight excluding hydrogens is 258 g/mol. The summed E-state index contributed by atoms with van der Waals surface area (Å²) in [5, 5.41) is 5.46. The van der Waals surface area contributed by atoms with Gasteiger partial charge >= 0.3 is 0 Å². The smallest absolute Gasteiger partial charge is 0.0494 e. The lowest BCUT2D eigenvalue weighted by molar-refractivity contribution is 1.19. The van der Waals surface area contributed by atoms with Gasteiger partial charge in [-0.2, -0.15) is 0 Å². The fourth-order valence-electron chi connectivity index (χ4n) is 1.20. The van der Waals surface area contributed by atoms with E-state index in [0.29, 0.717) is 0 Å². The van der Waals surface area contributed by atoms with Crippen LogP contribution in [-0.2, 0) is 6.54 Å². The van der Waals surface area contributed by atoms with E-state index in [0.717, 1.165) is 16.7 Å². The van der Waals surface area contributed by atoms with Crippen molar-refractivity contribution >= 4 is 33.0 Å². The first kappa shape index (κ1) is 9.74. The van der Waals surface area contributed by atoms with Gasteiger partial charge in [-0.25, -0.2) is 0 Å². The van der Waals surface area contributed by atoms with Gasteiger partial charge in [0.1, 0.15) is 0 Å². The van der Waals surface area contributed by atoms with Crippen LogP contribution in [0.2, 0.25) is 0 Å². The minimum absolute atomic E-state index is 0.897. The second-order valence-corrected chi connectivity index (χ2v) is 4.89. The molecular formula is C11H10BrNS. The van der Waals surface area contributed by atoms with Gasteiger partial charge in [0.15, 0.2) is 0 Å². The molecule has 1 nitrogen and oxygen atoms in total. The highest BCUT2D eigenvalue weighted by Gasteiger charge is 1.94. The summed E-state index contributed by atoms with van der Waals surface area (Å²) >= 11 is 5.22. The number of nitrogens with one attached hydrogen (secondary N) is 1. The number of anilines is 1. The van der Waals surface area contributed by atoms with E-state index in [4.69, 9.17) is 0 Å². The molecule has 1 N–H and O–H groups in total. The van der Waals surface area contributed by atoms with Gasteiger partial charge in [0, 0.05) is 21.6 Å². The second-order valence-electron chi connectivity index (χ2n) is 2.94. The zero-order chi connectivity index (χ0) is 9.80. The molecule has 0 unspecified atom stereocenters. The number of benzene rings is 1. The van der Waals surface area contributed by atoms with E-state index in [1.54, 1.807) is 11.3 Å². The molecule has 2 rings (SSSR count). The Hall–Kier alpha value is -0.800. The molecule has 3 heteroatoms. The third-order valence-electron chi connectivity index (χ3n) is 1.87. The van der Waals surface area contributed by atoms with E-state index >= 15 is 0 Å². The molecule has 0 saturated carbocycles. The van der Waals surface area contributed by atoms with E-state index in [1.807, 2.05) is 12.1 Å². The molecule has 0 saturated heterocycles. The molecule has 1 aromatic heterocycles. The fraction of sp³-hybridized carbons (Fsp3) is 0.0909. The Balaban J connectivity index is 1.98. The SMILES string of the molecule is Brc1cccc(NCc2cccs2)c1. The van der Waals surface area contributed by atoms with Gasteiger partial charge in [-0.3, -0.25) is 0 Å². The molecule has 1 heterocycles. The lowest BCUT2D eigenvalue weighted by atomic mass is 10.3. The standard InChI is InChI=1S/C11H10BrNS/c12-9-3-1-4-10(7-9)13-8-11-5-2-6-14-11/h1-7,13H,8H2. The van der Waals surface area contributed by atoms with Crippen LogP contribution in [0.1, 0.15) is 4.88 Å². The number of thiophene rings is 1. The lowest BCUT2D eigenvalue weighted by Gasteiger charge is -2.04. The van der Waals surface area contributed by atoms with Crippen LogP contribution in [0.3, 0.4) is 0 Å². The van der Waals surface area contributed by atoms with Gasteiger partial charge in [0.25, 0.3) is 0 Å². The Bertz CT molecular complexity index is 397. The van der Waals surface area contributed by atoms with Crippen molar-refractivity contribution in [2.24, 2.45) is 0 Å². The monoisotopic (exact) mass is 267 g/mol. The number of rotatable bonds is 3. The van der Waals surface area contributed by atoms with Crippen LogP contribution in [0.4, 0.5) is 5.69 Å². The number of halogens is 1. The van der Waals surface area contributed by atoms with Gasteiger partial charge in [-0.15, -0.1) is 11.3 Å². The van der Waals surface area contributed by atoms with Gasteiger partial charge in [0.2, 0.25) is 0 Å². The first-order valence-electron chi connectivity index (χ1n) is 4.36. The van der Waals surface area contributed by atoms with Crippen molar-refractivity contribution in [1.29, 1.82) is 0 Å². The molecule has 0 bridgehead atoms. The molecule has 14 heavy (non-hydrogen) atoms. The van der Waals surface area contributed by atoms with Crippen LogP contribution >= 0.6 is 27.3 Å². The molecule has 0 radical (unpaired) electrons. The Kier molecular flexibility index (Phi) is 3.22. The van der Waals surface area contributed by atoms with Crippen molar-refractivity contribution < 1.29 is 0 Å². The highest BCUT2D eigenvalue weighted by molar-refractivity contribution is 9.10. The molecule has 0 aliphatic heterocycles. The lowest BCUT2D eigenvalue weighted by Crippen LogP contribution is -1.96. The molecule has 0 amide bonds. The van der Waals surface area contributed by atoms with Crippen LogP contribution in [0.25, 0.3) is 0 Å². The molecule has 0 aliphatic rings. The van der Waals surface area contributed by atoms with Gasteiger partial charge < -0.3 is 5.32 Å². The Labute approximate surface area is 95.9 Å². The summed E-state index contributed by atoms with van der Waals surface area (Å²) in [6.45, 7) is 0.897. The second kappa shape index (κ2) is 4.62. The highest BCUT2D eigenvalue weighted by atomic mass is 79.9. The zero-order valence-corrected chi connectivity index (χ0v) is 9.94. The maximum atomic E-state index is 3.44. The van der Waals surface area contributed by atoms with E-state index in [9.17, 15) is 0 Å². The topological polar surface area (TPSA) is 12.0 Å². The van der Waals surface area contributed by atoms with Gasteiger partial charge in [-0.05, 0) is 29.6 Å². The highest BCUT2D eigenvalue weighted by Crippen LogP contribution is 2.17. The summed E-state index contributed by atoms with van der Waals surface area (Å²) in [7, 11) is 0. The van der Waals surface area contributed by atoms with Crippen molar-refractivity contribution in [3.63, 3.8) is 0 Å². The molecule has 72 valence electrons. The van der Waals surface area contributed by atoms with Crippen LogP contribution in [-0.4, -0.2) is 0 Å². The van der Waals surface area contributed by atoms with Crippen molar-refractivity contribution in [3.05, 3.63) is 51.1 Å². The maximum absolute atomic E-state index is 3.44. The molecule has 0 spiro atoms. The van der Waals surface area contributed by atoms with Crippen LogP contribution in [0.15, 0.2) is 46.3 Å². The molecule has 0 fully saturated rings. The van der Waals surface area contributed by atoms with Crippen molar-refractivity contribution in [3.8, 4) is 0 Å². The van der Waals surface area contributed by atoms with Crippen molar-refractivity contribution in [1.82, 2.24) is 0 Å². The maximum Gasteiger partial charge on any atom is 0.0494 e. The number of hydrogen-bond donors (Lipinski definition) is 1. The molecule has 0 aliphatic carbocycles. The largest absolute Gasteiger partial charge is 0.380 e. The first-order valence-corrected chi connectivity index (χ1v) is 6.04. The van der Waals surface area contributed by atoms with Crippen molar-refractivity contribution in [2.45, 2.75) is 6.54 Å². The predicted molar refractivity (Wildman–Crippen MR) is 65.8 cm³/mol. The Morgan fingerprint density at radius 1 is 1.21 bits per heavy atom. The van der Waals surface area contributed by atoms with E-state index in [-0.39, 0.29) is 0 Å². The summed E-state index contributed by atoms with van der Waals surface area (Å²) in [5.41, 5.74) is 1.15. The molecule has 1 aromatic carbocycles. The molecule has 0 atom stereocenters. The summed E-state index contributed by atoms with van der Waals surface area (Å²) in [4.78, 5) is 1.35. The van der Waals surface area contributed by atoms with Gasteiger partial charge in [0.05, 0.1) is 0 Å². The first-order chi connectivity index (χ1) is 6.84. The quantitative estimate of drug-likeness (QED) is 0.882. The Morgan fingerprint density at radius 2 is 2.14 bits per heavy atom. The third-order valence-corrected chi connectivity index (χ3v) is 3.24. The van der Waals surface area contributed by atoms with Crippen LogP contribution in [0, 0.1) is 0 Å². The average molecular weight is 268 g/mol. The number of hydrogen-bond acceptors (Lipinski definition) is 2. The fourth-order valence-corrected chi connectivity index (χ4v) is 2.24. The van der Waals surface area contributed by atoms with Gasteiger partial charge in [-0.1, -0.05) is 28.1 Å². The summed E-state index contributed by atoms with van der Waals surface area (Å²) < 4.78 is 1.11. The van der Waals surface area contributed by atoms with E-state index in [1.165, 1.54) is 4.88 Å². The average Bonchev–Trinajstić information content (AvgIpc) is 2.67. The van der Waals surface area contributed by atoms with Crippen LogP contribution in [0.5, 0.6) is 0 Å². The minimum Gasteiger partial charge on any atom is -0.380 e. The summed E-state index contributed by atoms with van der Waals surface area (Å²) in [5.74, 6) is 0. The summed E-state index contributed by atoms with van der Waals surface area (Å²) in [6.07, 6.45) is 0. The van der Waals surface area contributed by atoms with Crippen LogP contribution < -0.4 is 5.32 Å². The predicted octanol–water partition coefficient (Wildman–Crippen LogP) is 4.12. The van der Waals surface area contributed by atoms with Crippen molar-refractivity contribution in [2.75, 3.05) is 5.32 Å². The molecule has 2 aromatic rings. The third kappa shape index (κ3) is 2.59. The minimum atomic E-state index is 0.897. The normalized spacial score (nSPS) is 10.1. The van der Waals surface area contributed by atoms with E-state index < -0.39 is 0 Å². The summed E-state index contributed by atoms with van der Waals surface area (Å²) in [6, 6.07) is 12.4. The van der Waals surface area contributed by atoms with E-state index in [2.05, 4.69) is 50.9 Å². The Morgan fingerprint density at radius 3 is 2.86 bits per heavy atom. The zero-order valence-electron chi connectivity index (χ0n) is 7.53.